The summed E-state index contributed by atoms with van der Waals surface area (Å²) in [5.74, 6) is -0.152. The lowest BCUT2D eigenvalue weighted by atomic mass is 10.0. The predicted molar refractivity (Wildman–Crippen MR) is 100 cm³/mol. The summed E-state index contributed by atoms with van der Waals surface area (Å²) < 4.78 is 5.26. The Morgan fingerprint density at radius 3 is 2.62 bits per heavy atom. The maximum atomic E-state index is 12.0. The Hall–Kier alpha value is -1.89. The minimum Gasteiger partial charge on any atom is -0.453 e. The van der Waals surface area contributed by atoms with Crippen molar-refractivity contribution in [3.05, 3.63) is 52.3 Å². The highest BCUT2D eigenvalue weighted by molar-refractivity contribution is 6.42. The summed E-state index contributed by atoms with van der Waals surface area (Å²) in [6.45, 7) is 2.57. The first kappa shape index (κ1) is 18.9. The van der Waals surface area contributed by atoms with E-state index in [9.17, 15) is 4.79 Å². The van der Waals surface area contributed by atoms with Crippen LogP contribution >= 0.6 is 23.2 Å². The third-order valence-corrected chi connectivity index (χ3v) is 4.96. The van der Waals surface area contributed by atoms with Crippen LogP contribution in [0, 0.1) is 0 Å². The molecule has 1 aliphatic heterocycles. The Balaban J connectivity index is 1.39. The summed E-state index contributed by atoms with van der Waals surface area (Å²) in [6, 6.07) is 7.78. The first-order chi connectivity index (χ1) is 12.6. The van der Waals surface area contributed by atoms with Crippen LogP contribution in [-0.2, 0) is 11.3 Å². The van der Waals surface area contributed by atoms with Gasteiger partial charge in [0.1, 0.15) is 0 Å². The summed E-state index contributed by atoms with van der Waals surface area (Å²) in [5, 5.41) is 4.15. The molecular formula is C18H20Cl2N4O2. The first-order valence-electron chi connectivity index (χ1n) is 8.45. The summed E-state index contributed by atoms with van der Waals surface area (Å²) in [6.07, 6.45) is 4.94. The molecule has 8 heteroatoms. The van der Waals surface area contributed by atoms with E-state index >= 15 is 0 Å². The van der Waals surface area contributed by atoms with E-state index in [1.54, 1.807) is 18.5 Å². The van der Waals surface area contributed by atoms with Crippen LogP contribution in [0.25, 0.3) is 0 Å². The Morgan fingerprint density at radius 1 is 1.19 bits per heavy atom. The molecule has 0 saturated carbocycles. The molecule has 1 aliphatic rings. The smallest absolute Gasteiger partial charge is 0.316 e. The van der Waals surface area contributed by atoms with Crippen LogP contribution in [0.5, 0.6) is 6.01 Å². The van der Waals surface area contributed by atoms with Gasteiger partial charge in [0.05, 0.1) is 10.0 Å². The number of nitrogens with one attached hydrogen (secondary N) is 1. The van der Waals surface area contributed by atoms with E-state index in [0.717, 1.165) is 38.0 Å². The van der Waals surface area contributed by atoms with Gasteiger partial charge in [-0.15, -0.1) is 0 Å². The Labute approximate surface area is 162 Å². The molecule has 26 heavy (non-hydrogen) atoms. The van der Waals surface area contributed by atoms with E-state index in [0.29, 0.717) is 10.0 Å². The number of amides is 1. The van der Waals surface area contributed by atoms with Crippen LogP contribution < -0.4 is 10.1 Å². The highest BCUT2D eigenvalue weighted by atomic mass is 35.5. The summed E-state index contributed by atoms with van der Waals surface area (Å²) in [7, 11) is 0. The topological polar surface area (TPSA) is 67.3 Å². The van der Waals surface area contributed by atoms with E-state index < -0.39 is 0 Å². The van der Waals surface area contributed by atoms with Crippen LogP contribution in [0.3, 0.4) is 0 Å². The van der Waals surface area contributed by atoms with Gasteiger partial charge in [-0.05, 0) is 36.6 Å². The molecule has 1 fully saturated rings. The number of aromatic nitrogens is 2. The zero-order valence-electron chi connectivity index (χ0n) is 14.2. The highest BCUT2D eigenvalue weighted by Gasteiger charge is 2.21. The fraction of sp³-hybridized carbons (Fsp3) is 0.389. The molecule has 0 spiro atoms. The van der Waals surface area contributed by atoms with Gasteiger partial charge in [-0.25, -0.2) is 9.97 Å². The van der Waals surface area contributed by atoms with Crippen molar-refractivity contribution in [2.45, 2.75) is 25.4 Å². The zero-order chi connectivity index (χ0) is 18.4. The quantitative estimate of drug-likeness (QED) is 0.815. The standard InChI is InChI=1S/C18H20Cl2N4O2/c19-15-3-2-13(10-16(15)20)11-24-8-4-14(5-9-24)23-17(25)12-26-18-21-6-1-7-22-18/h1-3,6-7,10,14H,4-5,8-9,11-12H2,(H,23,25). The number of benzene rings is 1. The lowest BCUT2D eigenvalue weighted by Crippen LogP contribution is -2.45. The molecule has 0 radical (unpaired) electrons. The molecule has 0 aliphatic carbocycles. The van der Waals surface area contributed by atoms with Crippen molar-refractivity contribution in [1.82, 2.24) is 20.2 Å². The molecule has 138 valence electrons. The first-order valence-corrected chi connectivity index (χ1v) is 9.21. The van der Waals surface area contributed by atoms with E-state index in [2.05, 4.69) is 20.2 Å². The zero-order valence-corrected chi connectivity index (χ0v) is 15.7. The Bertz CT molecular complexity index is 737. The fourth-order valence-corrected chi connectivity index (χ4v) is 3.21. The van der Waals surface area contributed by atoms with E-state index in [-0.39, 0.29) is 24.6 Å². The molecule has 0 unspecified atom stereocenters. The number of carbonyl (C=O) groups excluding carboxylic acids is 1. The molecule has 6 nitrogen and oxygen atoms in total. The van der Waals surface area contributed by atoms with Crippen LogP contribution in [-0.4, -0.2) is 46.5 Å². The van der Waals surface area contributed by atoms with Crippen molar-refractivity contribution in [1.29, 1.82) is 0 Å². The fourth-order valence-electron chi connectivity index (χ4n) is 2.89. The molecular weight excluding hydrogens is 375 g/mol. The van der Waals surface area contributed by atoms with E-state index in [1.165, 1.54) is 0 Å². The molecule has 0 atom stereocenters. The van der Waals surface area contributed by atoms with Gasteiger partial charge in [0, 0.05) is 38.1 Å². The van der Waals surface area contributed by atoms with Crippen LogP contribution in [0.4, 0.5) is 0 Å². The molecule has 1 amide bonds. The summed E-state index contributed by atoms with van der Waals surface area (Å²) in [4.78, 5) is 22.2. The monoisotopic (exact) mass is 394 g/mol. The number of hydrogen-bond acceptors (Lipinski definition) is 5. The molecule has 0 bridgehead atoms. The minimum atomic E-state index is -0.152. The maximum Gasteiger partial charge on any atom is 0.316 e. The SMILES string of the molecule is O=C(COc1ncccn1)NC1CCN(Cc2ccc(Cl)c(Cl)c2)CC1. The molecule has 3 rings (SSSR count). The number of nitrogens with zero attached hydrogens (tertiary/aromatic N) is 3. The number of ether oxygens (including phenoxy) is 1. The summed E-state index contributed by atoms with van der Waals surface area (Å²) in [5.41, 5.74) is 1.14. The number of likely N-dealkylation sites (tertiary alicyclic amines) is 1. The number of carbonyl (C=O) groups is 1. The average Bonchev–Trinajstić information content (AvgIpc) is 2.65. The predicted octanol–water partition coefficient (Wildman–Crippen LogP) is 2.94. The third kappa shape index (κ3) is 5.56. The second-order valence-corrected chi connectivity index (χ2v) is 7.00. The van der Waals surface area contributed by atoms with Gasteiger partial charge in [0.2, 0.25) is 0 Å². The van der Waals surface area contributed by atoms with Crippen molar-refractivity contribution in [3.8, 4) is 6.01 Å². The molecule has 2 heterocycles. The number of halogens is 2. The van der Waals surface area contributed by atoms with Crippen molar-refractivity contribution in [2.24, 2.45) is 0 Å². The van der Waals surface area contributed by atoms with Crippen molar-refractivity contribution in [3.63, 3.8) is 0 Å². The van der Waals surface area contributed by atoms with Crippen molar-refractivity contribution >= 4 is 29.1 Å². The van der Waals surface area contributed by atoms with Crippen LogP contribution in [0.15, 0.2) is 36.7 Å². The number of hydrogen-bond donors (Lipinski definition) is 1. The maximum absolute atomic E-state index is 12.0. The second-order valence-electron chi connectivity index (χ2n) is 6.19. The lowest BCUT2D eigenvalue weighted by molar-refractivity contribution is -0.124. The average molecular weight is 395 g/mol. The summed E-state index contributed by atoms with van der Waals surface area (Å²) >= 11 is 12.0. The highest BCUT2D eigenvalue weighted by Crippen LogP contribution is 2.24. The van der Waals surface area contributed by atoms with Crippen molar-refractivity contribution < 1.29 is 9.53 Å². The molecule has 1 aromatic carbocycles. The van der Waals surface area contributed by atoms with E-state index in [4.69, 9.17) is 27.9 Å². The van der Waals surface area contributed by atoms with Crippen LogP contribution in [0.1, 0.15) is 18.4 Å². The van der Waals surface area contributed by atoms with Gasteiger partial charge in [0.15, 0.2) is 6.61 Å². The van der Waals surface area contributed by atoms with Gasteiger partial charge < -0.3 is 10.1 Å². The normalized spacial score (nSPS) is 15.6. The molecule has 1 aromatic heterocycles. The van der Waals surface area contributed by atoms with Crippen molar-refractivity contribution in [2.75, 3.05) is 19.7 Å². The Morgan fingerprint density at radius 2 is 1.92 bits per heavy atom. The number of piperidine rings is 1. The molecule has 1 saturated heterocycles. The lowest BCUT2D eigenvalue weighted by Gasteiger charge is -2.32. The van der Waals surface area contributed by atoms with Gasteiger partial charge in [-0.2, -0.15) is 0 Å². The van der Waals surface area contributed by atoms with E-state index in [1.807, 2.05) is 18.2 Å². The Kier molecular flexibility index (Phi) is 6.66. The molecule has 1 N–H and O–H groups in total. The largest absolute Gasteiger partial charge is 0.453 e. The third-order valence-electron chi connectivity index (χ3n) is 4.22. The second kappa shape index (κ2) is 9.16. The minimum absolute atomic E-state index is 0.0759. The number of rotatable bonds is 6. The molecule has 2 aromatic rings. The van der Waals surface area contributed by atoms with Gasteiger partial charge in [-0.3, -0.25) is 9.69 Å². The van der Waals surface area contributed by atoms with Gasteiger partial charge in [-0.1, -0.05) is 29.3 Å². The van der Waals surface area contributed by atoms with Gasteiger partial charge in [0.25, 0.3) is 5.91 Å². The van der Waals surface area contributed by atoms with Gasteiger partial charge >= 0.3 is 6.01 Å². The van der Waals surface area contributed by atoms with Crippen LogP contribution in [0.2, 0.25) is 10.0 Å².